The van der Waals surface area contributed by atoms with Crippen LogP contribution in [0.3, 0.4) is 0 Å². The summed E-state index contributed by atoms with van der Waals surface area (Å²) in [5, 5.41) is 118. The van der Waals surface area contributed by atoms with Crippen molar-refractivity contribution in [1.29, 1.82) is 0 Å². The van der Waals surface area contributed by atoms with E-state index in [0.29, 0.717) is 25.7 Å². The number of ether oxygens (including phenoxy) is 6. The highest BCUT2D eigenvalue weighted by Gasteiger charge is 2.72. The Morgan fingerprint density at radius 3 is 1.94 bits per heavy atom. The molecule has 17 heteroatoms. The molecule has 3 heterocycles. The molecule has 7 aliphatic rings. The second kappa shape index (κ2) is 18.8. The molecule has 0 aromatic rings. The predicted octanol–water partition coefficient (Wildman–Crippen LogP) is 0.612. The quantitative estimate of drug-likeness (QED) is 0.0946. The lowest BCUT2D eigenvalue weighted by Crippen LogP contribution is -2.67. The van der Waals surface area contributed by atoms with Gasteiger partial charge in [-0.25, -0.2) is 0 Å². The van der Waals surface area contributed by atoms with Crippen LogP contribution < -0.4 is 0 Å². The van der Waals surface area contributed by atoms with E-state index in [-0.39, 0.29) is 52.6 Å². The normalized spacial score (nSPS) is 52.5. The summed E-state index contributed by atoms with van der Waals surface area (Å²) in [6.45, 7) is 16.3. The van der Waals surface area contributed by atoms with E-state index >= 15 is 0 Å². The molecule has 17 nitrogen and oxygen atoms in total. The SMILES string of the molecule is CC(C)=CCC[C@](C)(O[C@H]1O[C@@H](CO[C@@H]2OC[C@@H](O)[C@@H](O)[C@@H]2O)[C@H](O)[C@@H](O)[C@@H]1O)[C@@H]1CC[C@]2(C)[C@@H]1[C@H](O)C[C@@H]1[C@]3(C)CC[C@H](O[C@@H]4O[C@H](CO)[C@@H](O)[C@H](O)[C@@H]4O)C(C)(C)[C@@H]3CC[C@@]12C. The average molecular weight is 917 g/mol. The Morgan fingerprint density at radius 1 is 0.672 bits per heavy atom. The van der Waals surface area contributed by atoms with Crippen molar-refractivity contribution >= 4 is 0 Å². The lowest BCUT2D eigenvalue weighted by Gasteiger charge is -2.71. The van der Waals surface area contributed by atoms with Crippen molar-refractivity contribution in [3.05, 3.63) is 11.6 Å². The molecule has 0 bridgehead atoms. The molecule has 370 valence electrons. The molecular formula is C47H80O17. The predicted molar refractivity (Wildman–Crippen MR) is 228 cm³/mol. The van der Waals surface area contributed by atoms with Crippen molar-refractivity contribution in [3.8, 4) is 0 Å². The Kier molecular flexibility index (Phi) is 14.9. The summed E-state index contributed by atoms with van der Waals surface area (Å²) < 4.78 is 36.5. The van der Waals surface area contributed by atoms with Gasteiger partial charge < -0.3 is 84.6 Å². The van der Waals surface area contributed by atoms with Gasteiger partial charge in [-0.05, 0) is 124 Å². The average Bonchev–Trinajstić information content (AvgIpc) is 3.62. The van der Waals surface area contributed by atoms with Gasteiger partial charge in [-0.1, -0.05) is 46.3 Å². The van der Waals surface area contributed by atoms with Crippen molar-refractivity contribution in [2.24, 2.45) is 45.3 Å². The van der Waals surface area contributed by atoms with Gasteiger partial charge in [0.2, 0.25) is 0 Å². The fourth-order valence-electron chi connectivity index (χ4n) is 14.5. The number of allylic oxidation sites excluding steroid dienone is 2. The molecular weight excluding hydrogens is 836 g/mol. The molecule has 24 atom stereocenters. The Hall–Kier alpha value is -0.940. The third-order valence-corrected chi connectivity index (χ3v) is 18.4. The number of hydrogen-bond acceptors (Lipinski definition) is 17. The van der Waals surface area contributed by atoms with Crippen molar-refractivity contribution in [2.45, 2.75) is 217 Å². The minimum absolute atomic E-state index is 0.149. The van der Waals surface area contributed by atoms with Crippen LogP contribution in [0.2, 0.25) is 0 Å². The summed E-state index contributed by atoms with van der Waals surface area (Å²) in [6.07, 6.45) is -12.4. The van der Waals surface area contributed by atoms with Gasteiger partial charge in [0, 0.05) is 0 Å². The molecule has 0 aromatic heterocycles. The van der Waals surface area contributed by atoms with E-state index in [1.807, 2.05) is 20.8 Å². The molecule has 11 N–H and O–H groups in total. The molecule has 0 aromatic carbocycles. The fourth-order valence-corrected chi connectivity index (χ4v) is 14.5. The van der Waals surface area contributed by atoms with Crippen molar-refractivity contribution < 1.29 is 84.6 Å². The van der Waals surface area contributed by atoms with Gasteiger partial charge in [-0.3, -0.25) is 0 Å². The Balaban J connectivity index is 1.11. The molecule has 0 unspecified atom stereocenters. The van der Waals surface area contributed by atoms with E-state index in [1.165, 1.54) is 0 Å². The molecule has 7 rings (SSSR count). The third kappa shape index (κ3) is 8.60. The van der Waals surface area contributed by atoms with Crippen LogP contribution in [0.25, 0.3) is 0 Å². The largest absolute Gasteiger partial charge is 0.394 e. The Labute approximate surface area is 377 Å². The van der Waals surface area contributed by atoms with Crippen LogP contribution in [0.5, 0.6) is 0 Å². The molecule has 0 radical (unpaired) electrons. The molecule has 3 aliphatic heterocycles. The summed E-state index contributed by atoms with van der Waals surface area (Å²) in [7, 11) is 0. The number of fused-ring (bicyclic) bond motifs is 5. The minimum atomic E-state index is -1.68. The van der Waals surface area contributed by atoms with E-state index in [4.69, 9.17) is 28.4 Å². The van der Waals surface area contributed by atoms with Gasteiger partial charge in [-0.15, -0.1) is 0 Å². The van der Waals surface area contributed by atoms with Gasteiger partial charge in [-0.2, -0.15) is 0 Å². The van der Waals surface area contributed by atoms with E-state index < -0.39 is 116 Å². The van der Waals surface area contributed by atoms with Gasteiger partial charge in [0.15, 0.2) is 18.9 Å². The second-order valence-corrected chi connectivity index (χ2v) is 22.5. The van der Waals surface area contributed by atoms with Crippen LogP contribution in [0.1, 0.15) is 113 Å². The van der Waals surface area contributed by atoms with Gasteiger partial charge in [0.25, 0.3) is 0 Å². The van der Waals surface area contributed by atoms with Crippen LogP contribution in [0, 0.1) is 45.3 Å². The summed E-state index contributed by atoms with van der Waals surface area (Å²) in [5.74, 6) is -0.0478. The summed E-state index contributed by atoms with van der Waals surface area (Å²) in [5.41, 5.74) is -0.948. The molecule has 0 amide bonds. The molecule has 4 aliphatic carbocycles. The highest BCUT2D eigenvalue weighted by atomic mass is 16.7. The topological polar surface area (TPSA) is 278 Å². The number of aliphatic hydroxyl groups is 11. The number of hydrogen-bond donors (Lipinski definition) is 11. The zero-order valence-corrected chi connectivity index (χ0v) is 39.0. The standard InChI is InChI=1S/C47H80O17/c1-22(2)10-9-14-47(8,64-42-39(58)36(55)34(53)27(62-42)21-60-40-37(56)32(51)25(50)20-59-40)23-11-16-46(7)31(23)24(49)18-29-44(5)15-13-30(43(3,4)28(44)12-17-45(29,46)6)63-41-38(57)35(54)33(52)26(19-48)61-41/h10,23-42,48-58H,9,11-21H2,1-8H3/t23-,24-,25-,26-,27+,28+,29-,30+,31+,32-,33-,34+,35+,36-,37+,38+,39+,40+,41+,42-,44-,45+,46-,47+/m1/s1. The third-order valence-electron chi connectivity index (χ3n) is 18.4. The van der Waals surface area contributed by atoms with Gasteiger partial charge >= 0.3 is 0 Å². The van der Waals surface area contributed by atoms with Gasteiger partial charge in [0.1, 0.15) is 67.1 Å². The first-order valence-electron chi connectivity index (χ1n) is 23.8. The van der Waals surface area contributed by atoms with E-state index in [2.05, 4.69) is 40.7 Å². The monoisotopic (exact) mass is 917 g/mol. The first-order valence-corrected chi connectivity index (χ1v) is 23.8. The van der Waals surface area contributed by atoms with Crippen molar-refractivity contribution in [3.63, 3.8) is 0 Å². The smallest absolute Gasteiger partial charge is 0.187 e. The summed E-state index contributed by atoms with van der Waals surface area (Å²) >= 11 is 0. The lowest BCUT2D eigenvalue weighted by molar-refractivity contribution is -0.346. The van der Waals surface area contributed by atoms with Gasteiger partial charge in [0.05, 0.1) is 37.6 Å². The number of aliphatic hydroxyl groups excluding tert-OH is 11. The summed E-state index contributed by atoms with van der Waals surface area (Å²) in [6, 6.07) is 0. The maximum absolute atomic E-state index is 12.7. The first-order chi connectivity index (χ1) is 29.9. The van der Waals surface area contributed by atoms with Crippen LogP contribution in [-0.4, -0.2) is 180 Å². The van der Waals surface area contributed by atoms with Crippen LogP contribution in [0.4, 0.5) is 0 Å². The number of rotatable bonds is 12. The van der Waals surface area contributed by atoms with E-state index in [1.54, 1.807) is 0 Å². The fraction of sp³-hybridized carbons (Fsp3) is 0.957. The molecule has 3 saturated heterocycles. The zero-order chi connectivity index (χ0) is 47.1. The van der Waals surface area contributed by atoms with Crippen molar-refractivity contribution in [1.82, 2.24) is 0 Å². The highest BCUT2D eigenvalue weighted by molar-refractivity contribution is 5.20. The Morgan fingerprint density at radius 2 is 1.28 bits per heavy atom. The maximum Gasteiger partial charge on any atom is 0.187 e. The second-order valence-electron chi connectivity index (χ2n) is 22.5. The molecule has 4 saturated carbocycles. The zero-order valence-electron chi connectivity index (χ0n) is 39.0. The Bertz CT molecular complexity index is 1630. The van der Waals surface area contributed by atoms with Crippen LogP contribution in [-0.2, 0) is 28.4 Å². The summed E-state index contributed by atoms with van der Waals surface area (Å²) in [4.78, 5) is 0. The van der Waals surface area contributed by atoms with E-state index in [0.717, 1.165) is 37.7 Å². The van der Waals surface area contributed by atoms with Crippen LogP contribution >= 0.6 is 0 Å². The van der Waals surface area contributed by atoms with Crippen LogP contribution in [0.15, 0.2) is 11.6 Å². The van der Waals surface area contributed by atoms with E-state index in [9.17, 15) is 56.2 Å². The molecule has 7 fully saturated rings. The first kappa shape index (κ1) is 50.9. The highest BCUT2D eigenvalue weighted by Crippen LogP contribution is 2.76. The molecule has 64 heavy (non-hydrogen) atoms. The minimum Gasteiger partial charge on any atom is -0.394 e. The van der Waals surface area contributed by atoms with Crippen molar-refractivity contribution in [2.75, 3.05) is 19.8 Å². The molecule has 0 spiro atoms. The maximum atomic E-state index is 12.7. The lowest BCUT2D eigenvalue weighted by atomic mass is 9.35.